The van der Waals surface area contributed by atoms with Crippen molar-refractivity contribution in [2.75, 3.05) is 0 Å². The van der Waals surface area contributed by atoms with Crippen LogP contribution in [0.1, 0.15) is 34.6 Å². The molecule has 0 fully saturated rings. The number of fused-ring (bicyclic) bond motifs is 3. The number of aliphatic imine (C=N–C) groups is 1. The first-order chi connectivity index (χ1) is 12.4. The highest BCUT2D eigenvalue weighted by molar-refractivity contribution is 7.15. The molecule has 0 saturated carbocycles. The first-order valence-electron chi connectivity index (χ1n) is 7.84. The van der Waals surface area contributed by atoms with Crippen molar-refractivity contribution in [1.29, 1.82) is 0 Å². The minimum atomic E-state index is -4.60. The van der Waals surface area contributed by atoms with Gasteiger partial charge in [-0.25, -0.2) is 0 Å². The van der Waals surface area contributed by atoms with Crippen LogP contribution in [0.2, 0.25) is 5.02 Å². The number of alkyl halides is 3. The van der Waals surface area contributed by atoms with E-state index < -0.39 is 12.0 Å². The third kappa shape index (κ3) is 2.73. The molecule has 0 aliphatic carbocycles. The third-order valence-corrected chi connectivity index (χ3v) is 5.66. The molecule has 1 aliphatic rings. The van der Waals surface area contributed by atoms with Crippen LogP contribution in [0, 0.1) is 0 Å². The highest BCUT2D eigenvalue weighted by Crippen LogP contribution is 2.38. The number of aryl methyl sites for hydroxylation is 1. The number of halogens is 4. The van der Waals surface area contributed by atoms with Crippen LogP contribution < -0.4 is 0 Å². The SMILES string of the molecule is CCc1cc2c(s1)-n1c(nnc1C(F)(F)F)CN=C2c1ccccc1Cl. The van der Waals surface area contributed by atoms with E-state index in [0.717, 1.165) is 9.44 Å². The number of benzene rings is 1. The Bertz CT molecular complexity index is 1020. The van der Waals surface area contributed by atoms with Gasteiger partial charge in [-0.2, -0.15) is 13.2 Å². The molecule has 0 saturated heterocycles. The molecule has 0 unspecified atom stereocenters. The lowest BCUT2D eigenvalue weighted by Gasteiger charge is -2.11. The maximum atomic E-state index is 13.4. The minimum Gasteiger partial charge on any atom is -0.276 e. The summed E-state index contributed by atoms with van der Waals surface area (Å²) < 4.78 is 41.4. The van der Waals surface area contributed by atoms with E-state index in [9.17, 15) is 13.2 Å². The van der Waals surface area contributed by atoms with Crippen LogP contribution in [-0.4, -0.2) is 20.5 Å². The van der Waals surface area contributed by atoms with Crippen molar-refractivity contribution in [2.24, 2.45) is 4.99 Å². The van der Waals surface area contributed by atoms with E-state index in [2.05, 4.69) is 15.2 Å². The normalized spacial score (nSPS) is 13.8. The van der Waals surface area contributed by atoms with E-state index in [1.165, 1.54) is 11.3 Å². The fourth-order valence-electron chi connectivity index (χ4n) is 2.88. The molecular formula is C17H12ClF3N4S. The molecular weight excluding hydrogens is 385 g/mol. The molecule has 9 heteroatoms. The molecule has 0 N–H and O–H groups in total. The number of hydrogen-bond donors (Lipinski definition) is 0. The van der Waals surface area contributed by atoms with Crippen molar-refractivity contribution in [3.05, 3.63) is 63.0 Å². The smallest absolute Gasteiger partial charge is 0.276 e. The Morgan fingerprint density at radius 1 is 1.19 bits per heavy atom. The van der Waals surface area contributed by atoms with Crippen LogP contribution in [0.4, 0.5) is 13.2 Å². The van der Waals surface area contributed by atoms with Gasteiger partial charge in [-0.3, -0.25) is 9.56 Å². The van der Waals surface area contributed by atoms with Crippen LogP contribution in [0.15, 0.2) is 35.3 Å². The Kier molecular flexibility index (Phi) is 4.11. The summed E-state index contributed by atoms with van der Waals surface area (Å²) in [5.41, 5.74) is 1.87. The van der Waals surface area contributed by atoms with Crippen molar-refractivity contribution in [3.8, 4) is 5.00 Å². The summed E-state index contributed by atoms with van der Waals surface area (Å²) in [5, 5.41) is 8.00. The average molecular weight is 397 g/mol. The van der Waals surface area contributed by atoms with Gasteiger partial charge >= 0.3 is 6.18 Å². The molecule has 4 nitrogen and oxygen atoms in total. The zero-order valence-electron chi connectivity index (χ0n) is 13.5. The predicted molar refractivity (Wildman–Crippen MR) is 94.4 cm³/mol. The molecule has 3 heterocycles. The Hall–Kier alpha value is -2.19. The Morgan fingerprint density at radius 2 is 1.96 bits per heavy atom. The van der Waals surface area contributed by atoms with E-state index in [1.807, 2.05) is 25.1 Å². The standard InChI is InChI=1S/C17H12ClF3N4S/c1-2-9-7-11-14(10-5-3-4-6-12(10)18)22-8-13-23-24-16(17(19,20)21)25(13)15(11)26-9/h3-7H,2,8H2,1H3. The Balaban J connectivity index is 1.99. The van der Waals surface area contributed by atoms with Crippen molar-refractivity contribution >= 4 is 28.6 Å². The average Bonchev–Trinajstić information content (AvgIpc) is 3.17. The van der Waals surface area contributed by atoms with Gasteiger partial charge in [-0.05, 0) is 18.6 Å². The molecule has 0 radical (unpaired) electrons. The number of nitrogens with zero attached hydrogens (tertiary/aromatic N) is 4. The van der Waals surface area contributed by atoms with Crippen LogP contribution in [-0.2, 0) is 19.1 Å². The molecule has 0 atom stereocenters. The summed E-state index contributed by atoms with van der Waals surface area (Å²) in [6.07, 6.45) is -3.90. The van der Waals surface area contributed by atoms with Gasteiger partial charge in [0.1, 0.15) is 11.5 Å². The third-order valence-electron chi connectivity index (χ3n) is 4.06. The number of aromatic nitrogens is 3. The number of thiophene rings is 1. The molecule has 1 aliphatic heterocycles. The number of rotatable bonds is 2. The Labute approximate surface area is 156 Å². The second kappa shape index (κ2) is 6.21. The van der Waals surface area contributed by atoms with E-state index in [1.54, 1.807) is 12.1 Å². The summed E-state index contributed by atoms with van der Waals surface area (Å²) in [6, 6.07) is 9.04. The highest BCUT2D eigenvalue weighted by Gasteiger charge is 2.40. The molecule has 0 amide bonds. The van der Waals surface area contributed by atoms with Crippen LogP contribution >= 0.6 is 22.9 Å². The molecule has 26 heavy (non-hydrogen) atoms. The fourth-order valence-corrected chi connectivity index (χ4v) is 4.22. The summed E-state index contributed by atoms with van der Waals surface area (Å²) in [5.74, 6) is -0.876. The predicted octanol–water partition coefficient (Wildman–Crippen LogP) is 4.91. The lowest BCUT2D eigenvalue weighted by atomic mass is 10.0. The first kappa shape index (κ1) is 17.2. The molecule has 3 aromatic rings. The van der Waals surface area contributed by atoms with Crippen molar-refractivity contribution < 1.29 is 13.2 Å². The zero-order chi connectivity index (χ0) is 18.5. The van der Waals surface area contributed by atoms with Gasteiger partial charge in [0.15, 0.2) is 5.82 Å². The zero-order valence-corrected chi connectivity index (χ0v) is 15.1. The maximum Gasteiger partial charge on any atom is 0.452 e. The monoisotopic (exact) mass is 396 g/mol. The molecule has 4 rings (SSSR count). The van der Waals surface area contributed by atoms with Gasteiger partial charge in [0.05, 0.1) is 5.71 Å². The van der Waals surface area contributed by atoms with E-state index in [-0.39, 0.29) is 12.4 Å². The van der Waals surface area contributed by atoms with Gasteiger partial charge in [-0.15, -0.1) is 21.5 Å². The second-order valence-corrected chi connectivity index (χ2v) is 7.23. The van der Waals surface area contributed by atoms with E-state index in [0.29, 0.717) is 33.3 Å². The fraction of sp³-hybridized carbons (Fsp3) is 0.235. The first-order valence-corrected chi connectivity index (χ1v) is 9.04. The van der Waals surface area contributed by atoms with Gasteiger partial charge in [0.2, 0.25) is 5.82 Å². The van der Waals surface area contributed by atoms with E-state index >= 15 is 0 Å². The second-order valence-electron chi connectivity index (χ2n) is 5.70. The quantitative estimate of drug-likeness (QED) is 0.617. The summed E-state index contributed by atoms with van der Waals surface area (Å²) in [4.78, 5) is 5.48. The maximum absolute atomic E-state index is 13.4. The lowest BCUT2D eigenvalue weighted by Crippen LogP contribution is -2.15. The van der Waals surface area contributed by atoms with Crippen LogP contribution in [0.25, 0.3) is 5.00 Å². The topological polar surface area (TPSA) is 43.1 Å². The van der Waals surface area contributed by atoms with Gasteiger partial charge in [0, 0.05) is 21.0 Å². The summed E-state index contributed by atoms with van der Waals surface area (Å²) in [7, 11) is 0. The Morgan fingerprint density at radius 3 is 2.65 bits per heavy atom. The van der Waals surface area contributed by atoms with E-state index in [4.69, 9.17) is 11.6 Å². The van der Waals surface area contributed by atoms with Crippen molar-refractivity contribution in [1.82, 2.24) is 14.8 Å². The van der Waals surface area contributed by atoms with Crippen molar-refractivity contribution in [3.63, 3.8) is 0 Å². The molecule has 0 bridgehead atoms. The van der Waals surface area contributed by atoms with Gasteiger partial charge < -0.3 is 0 Å². The summed E-state index contributed by atoms with van der Waals surface area (Å²) in [6.45, 7) is 1.95. The summed E-state index contributed by atoms with van der Waals surface area (Å²) >= 11 is 7.60. The van der Waals surface area contributed by atoms with Gasteiger partial charge in [-0.1, -0.05) is 36.7 Å². The lowest BCUT2D eigenvalue weighted by molar-refractivity contribution is -0.146. The van der Waals surface area contributed by atoms with Gasteiger partial charge in [0.25, 0.3) is 0 Å². The minimum absolute atomic E-state index is 0.00745. The number of hydrogen-bond acceptors (Lipinski definition) is 4. The van der Waals surface area contributed by atoms with Crippen molar-refractivity contribution in [2.45, 2.75) is 26.1 Å². The highest BCUT2D eigenvalue weighted by atomic mass is 35.5. The van der Waals surface area contributed by atoms with Crippen LogP contribution in [0.3, 0.4) is 0 Å². The molecule has 134 valence electrons. The molecule has 2 aromatic heterocycles. The molecule has 1 aromatic carbocycles. The van der Waals surface area contributed by atoms with Crippen LogP contribution in [0.5, 0.6) is 0 Å². The molecule has 0 spiro atoms. The largest absolute Gasteiger partial charge is 0.452 e.